The second kappa shape index (κ2) is 9.39. The summed E-state index contributed by atoms with van der Waals surface area (Å²) in [7, 11) is 0. The van der Waals surface area contributed by atoms with Crippen LogP contribution in [0.5, 0.6) is 0 Å². The molecule has 0 atom stereocenters. The summed E-state index contributed by atoms with van der Waals surface area (Å²) < 4.78 is 0. The van der Waals surface area contributed by atoms with Crippen LogP contribution in [0.4, 0.5) is 0 Å². The van der Waals surface area contributed by atoms with Gasteiger partial charge in [0, 0.05) is 44.2 Å². The van der Waals surface area contributed by atoms with Gasteiger partial charge in [-0.3, -0.25) is 24.5 Å². The number of nitrogens with zero attached hydrogens (tertiary/aromatic N) is 5. The Balaban J connectivity index is 1.22. The fourth-order valence-electron chi connectivity index (χ4n) is 4.95. The highest BCUT2D eigenvalue weighted by atomic mass is 16.2. The number of aromatic nitrogens is 4. The Morgan fingerprint density at radius 1 is 1.12 bits per heavy atom. The van der Waals surface area contributed by atoms with Crippen molar-refractivity contribution in [1.29, 1.82) is 0 Å². The largest absolute Gasteiger partial charge is 0.338 e. The monoisotopic (exact) mass is 446 g/mol. The van der Waals surface area contributed by atoms with Crippen LogP contribution in [-0.2, 0) is 24.3 Å². The second-order valence-corrected chi connectivity index (χ2v) is 9.12. The molecule has 1 amide bonds. The number of H-pyrrole nitrogens is 1. The van der Waals surface area contributed by atoms with Gasteiger partial charge in [0.25, 0.3) is 5.56 Å². The minimum absolute atomic E-state index is 0.0799. The predicted octanol–water partition coefficient (Wildman–Crippen LogP) is 2.78. The number of piperidine rings is 1. The Morgan fingerprint density at radius 2 is 1.91 bits per heavy atom. The number of carbonyl (C=O) groups excluding carboxylic acids is 1. The SMILES string of the molecule is CCCC(=O)N1CCc2nc(C3CCN(Cc4ccc5nccnc5c4)CC3)[nH]c(=O)c2C1. The number of likely N-dealkylation sites (tertiary alicyclic amines) is 1. The summed E-state index contributed by atoms with van der Waals surface area (Å²) in [6.07, 6.45) is 7.39. The lowest BCUT2D eigenvalue weighted by Crippen LogP contribution is -2.40. The first-order valence-corrected chi connectivity index (χ1v) is 11.9. The molecule has 0 spiro atoms. The van der Waals surface area contributed by atoms with Crippen molar-refractivity contribution in [3.63, 3.8) is 0 Å². The van der Waals surface area contributed by atoms with Gasteiger partial charge in [0.15, 0.2) is 0 Å². The molecule has 0 radical (unpaired) electrons. The molecule has 2 aromatic heterocycles. The molecule has 5 rings (SSSR count). The molecular weight excluding hydrogens is 416 g/mol. The molecule has 0 bridgehead atoms. The van der Waals surface area contributed by atoms with E-state index in [0.29, 0.717) is 31.5 Å². The van der Waals surface area contributed by atoms with Gasteiger partial charge in [0.2, 0.25) is 5.91 Å². The molecule has 172 valence electrons. The minimum Gasteiger partial charge on any atom is -0.338 e. The summed E-state index contributed by atoms with van der Waals surface area (Å²) in [5.41, 5.74) is 4.53. The van der Waals surface area contributed by atoms with E-state index in [2.05, 4.69) is 32.0 Å². The van der Waals surface area contributed by atoms with E-state index in [0.717, 1.165) is 61.4 Å². The molecule has 1 saturated heterocycles. The van der Waals surface area contributed by atoms with Gasteiger partial charge in [-0.2, -0.15) is 0 Å². The highest BCUT2D eigenvalue weighted by Crippen LogP contribution is 2.27. The lowest BCUT2D eigenvalue weighted by molar-refractivity contribution is -0.132. The third-order valence-corrected chi connectivity index (χ3v) is 6.82. The molecule has 1 aromatic carbocycles. The van der Waals surface area contributed by atoms with Crippen LogP contribution in [0.1, 0.15) is 61.2 Å². The minimum atomic E-state index is -0.0799. The maximum absolute atomic E-state index is 12.8. The van der Waals surface area contributed by atoms with Crippen LogP contribution >= 0.6 is 0 Å². The lowest BCUT2D eigenvalue weighted by Gasteiger charge is -2.32. The molecule has 0 saturated carbocycles. The van der Waals surface area contributed by atoms with E-state index in [-0.39, 0.29) is 17.4 Å². The summed E-state index contributed by atoms with van der Waals surface area (Å²) in [5, 5.41) is 0. The average molecular weight is 447 g/mol. The first kappa shape index (κ1) is 21.7. The van der Waals surface area contributed by atoms with E-state index in [4.69, 9.17) is 4.98 Å². The van der Waals surface area contributed by atoms with Gasteiger partial charge in [0.1, 0.15) is 5.82 Å². The Labute approximate surface area is 193 Å². The van der Waals surface area contributed by atoms with E-state index < -0.39 is 0 Å². The first-order chi connectivity index (χ1) is 16.1. The van der Waals surface area contributed by atoms with Gasteiger partial charge in [-0.1, -0.05) is 13.0 Å². The average Bonchev–Trinajstić information content (AvgIpc) is 2.84. The van der Waals surface area contributed by atoms with Gasteiger partial charge >= 0.3 is 0 Å². The zero-order chi connectivity index (χ0) is 22.8. The van der Waals surface area contributed by atoms with Crippen molar-refractivity contribution >= 4 is 16.9 Å². The number of benzene rings is 1. The van der Waals surface area contributed by atoms with Crippen LogP contribution in [0.2, 0.25) is 0 Å². The number of aromatic amines is 1. The van der Waals surface area contributed by atoms with Gasteiger partial charge in [-0.15, -0.1) is 0 Å². The topological polar surface area (TPSA) is 95.1 Å². The van der Waals surface area contributed by atoms with E-state index in [1.54, 1.807) is 17.3 Å². The molecule has 3 aromatic rings. The van der Waals surface area contributed by atoms with Gasteiger partial charge < -0.3 is 9.88 Å². The molecule has 0 unspecified atom stereocenters. The maximum atomic E-state index is 12.8. The van der Waals surface area contributed by atoms with E-state index >= 15 is 0 Å². The smallest absolute Gasteiger partial charge is 0.256 e. The third kappa shape index (κ3) is 4.66. The fourth-order valence-corrected chi connectivity index (χ4v) is 4.95. The second-order valence-electron chi connectivity index (χ2n) is 9.12. The molecule has 0 aliphatic carbocycles. The predicted molar refractivity (Wildman–Crippen MR) is 126 cm³/mol. The molecule has 1 N–H and O–H groups in total. The Hall–Kier alpha value is -3.13. The number of amides is 1. The van der Waals surface area contributed by atoms with Crippen molar-refractivity contribution in [3.8, 4) is 0 Å². The van der Waals surface area contributed by atoms with Crippen molar-refractivity contribution in [2.75, 3.05) is 19.6 Å². The number of hydrogen-bond donors (Lipinski definition) is 1. The van der Waals surface area contributed by atoms with E-state index in [1.807, 2.05) is 13.0 Å². The van der Waals surface area contributed by atoms with E-state index in [1.165, 1.54) is 5.56 Å². The third-order valence-electron chi connectivity index (χ3n) is 6.82. The fraction of sp³-hybridized carbons (Fsp3) is 0.480. The molecule has 4 heterocycles. The summed E-state index contributed by atoms with van der Waals surface area (Å²) in [5.74, 6) is 1.20. The van der Waals surface area contributed by atoms with Crippen molar-refractivity contribution in [1.82, 2.24) is 29.7 Å². The quantitative estimate of drug-likeness (QED) is 0.648. The van der Waals surface area contributed by atoms with Gasteiger partial charge in [0.05, 0.1) is 28.8 Å². The number of hydrogen-bond acceptors (Lipinski definition) is 6. The zero-order valence-corrected chi connectivity index (χ0v) is 19.1. The number of nitrogens with one attached hydrogen (secondary N) is 1. The van der Waals surface area contributed by atoms with Crippen molar-refractivity contribution in [2.24, 2.45) is 0 Å². The van der Waals surface area contributed by atoms with E-state index in [9.17, 15) is 9.59 Å². The van der Waals surface area contributed by atoms with Crippen LogP contribution in [0, 0.1) is 0 Å². The summed E-state index contributed by atoms with van der Waals surface area (Å²) in [6.45, 7) is 5.83. The highest BCUT2D eigenvalue weighted by molar-refractivity contribution is 5.76. The van der Waals surface area contributed by atoms with Crippen LogP contribution in [0.3, 0.4) is 0 Å². The molecule has 1 fully saturated rings. The molecule has 33 heavy (non-hydrogen) atoms. The Kier molecular flexibility index (Phi) is 6.17. The lowest BCUT2D eigenvalue weighted by atomic mass is 9.95. The Bertz CT molecular complexity index is 1210. The normalized spacial score (nSPS) is 17.3. The summed E-state index contributed by atoms with van der Waals surface area (Å²) >= 11 is 0. The highest BCUT2D eigenvalue weighted by Gasteiger charge is 2.27. The standard InChI is InChI=1S/C25H30N6O2/c1-2-3-23(32)31-13-8-20-19(16-31)25(33)29-24(28-20)18-6-11-30(12-7-18)15-17-4-5-21-22(14-17)27-10-9-26-21/h4-5,9-10,14,18H,2-3,6-8,11-13,15-16H2,1H3,(H,28,29,33). The molecule has 8 nitrogen and oxygen atoms in total. The van der Waals surface area contributed by atoms with Crippen molar-refractivity contribution in [2.45, 2.75) is 58.0 Å². The van der Waals surface area contributed by atoms with Crippen LogP contribution < -0.4 is 5.56 Å². The first-order valence-electron chi connectivity index (χ1n) is 11.9. The Morgan fingerprint density at radius 3 is 2.70 bits per heavy atom. The molecule has 8 heteroatoms. The van der Waals surface area contributed by atoms with Gasteiger partial charge in [-0.25, -0.2) is 4.98 Å². The molecule has 2 aliphatic heterocycles. The summed E-state index contributed by atoms with van der Waals surface area (Å²) in [6, 6.07) is 6.27. The number of fused-ring (bicyclic) bond motifs is 2. The van der Waals surface area contributed by atoms with Crippen LogP contribution in [0.25, 0.3) is 11.0 Å². The maximum Gasteiger partial charge on any atom is 0.256 e. The van der Waals surface area contributed by atoms with Gasteiger partial charge in [-0.05, 0) is 50.0 Å². The molecule has 2 aliphatic rings. The summed E-state index contributed by atoms with van der Waals surface area (Å²) in [4.78, 5) is 45.9. The zero-order valence-electron chi connectivity index (χ0n) is 19.1. The number of carbonyl (C=O) groups is 1. The van der Waals surface area contributed by atoms with Crippen molar-refractivity contribution < 1.29 is 4.79 Å². The van der Waals surface area contributed by atoms with Crippen LogP contribution in [-0.4, -0.2) is 55.3 Å². The number of rotatable bonds is 5. The van der Waals surface area contributed by atoms with Crippen LogP contribution in [0.15, 0.2) is 35.4 Å². The molecular formula is C25H30N6O2. The van der Waals surface area contributed by atoms with Crippen molar-refractivity contribution in [3.05, 3.63) is 63.6 Å².